The molecule has 1 aliphatic rings. The summed E-state index contributed by atoms with van der Waals surface area (Å²) in [4.78, 5) is 33.6. The number of carbonyl (C=O) groups is 1. The molecule has 6 heterocycles. The van der Waals surface area contributed by atoms with Crippen LogP contribution in [0.4, 0.5) is 11.5 Å². The van der Waals surface area contributed by atoms with E-state index >= 15 is 0 Å². The van der Waals surface area contributed by atoms with Crippen LogP contribution in [0.1, 0.15) is 19.3 Å². The van der Waals surface area contributed by atoms with Crippen LogP contribution < -0.4 is 10.2 Å². The molecule has 37 heavy (non-hydrogen) atoms. The highest BCUT2D eigenvalue weighted by atomic mass is 16.2. The zero-order valence-electron chi connectivity index (χ0n) is 21.0. The lowest BCUT2D eigenvalue weighted by atomic mass is 10.1. The van der Waals surface area contributed by atoms with Gasteiger partial charge in [-0.2, -0.15) is 5.10 Å². The molecule has 0 aliphatic carbocycles. The smallest absolute Gasteiger partial charge is 0.238 e. The Hall–Kier alpha value is -4.31. The highest BCUT2D eigenvalue weighted by Crippen LogP contribution is 2.34. The van der Waals surface area contributed by atoms with Gasteiger partial charge in [0.2, 0.25) is 5.91 Å². The second kappa shape index (κ2) is 9.62. The van der Waals surface area contributed by atoms with Crippen molar-refractivity contribution in [3.63, 3.8) is 0 Å². The van der Waals surface area contributed by atoms with Crippen molar-refractivity contribution in [1.82, 2.24) is 35.0 Å². The molecule has 1 saturated heterocycles. The summed E-state index contributed by atoms with van der Waals surface area (Å²) in [5.74, 6) is 0.938. The molecule has 1 amide bonds. The summed E-state index contributed by atoms with van der Waals surface area (Å²) >= 11 is 0. The van der Waals surface area contributed by atoms with Crippen molar-refractivity contribution in [2.45, 2.75) is 19.3 Å². The van der Waals surface area contributed by atoms with Gasteiger partial charge in [-0.25, -0.2) is 9.97 Å². The van der Waals surface area contributed by atoms with Crippen molar-refractivity contribution in [1.29, 1.82) is 0 Å². The third kappa shape index (κ3) is 4.63. The molecule has 0 atom stereocenters. The van der Waals surface area contributed by atoms with E-state index in [1.807, 2.05) is 37.3 Å². The zero-order chi connectivity index (χ0) is 25.4. The molecule has 10 heteroatoms. The van der Waals surface area contributed by atoms with Crippen LogP contribution in [-0.2, 0) is 4.79 Å². The quantitative estimate of drug-likeness (QED) is 0.325. The third-order valence-electron chi connectivity index (χ3n) is 6.68. The lowest BCUT2D eigenvalue weighted by Gasteiger charge is -2.28. The number of aromatic nitrogens is 6. The Balaban J connectivity index is 1.35. The third-order valence-corrected chi connectivity index (χ3v) is 6.68. The monoisotopic (exact) mass is 495 g/mol. The number of hydrogen-bond donors (Lipinski definition) is 3. The van der Waals surface area contributed by atoms with Crippen molar-refractivity contribution in [3.05, 3.63) is 49.1 Å². The number of nitrogens with one attached hydrogen (secondary N) is 3. The first-order valence-corrected chi connectivity index (χ1v) is 12.5. The summed E-state index contributed by atoms with van der Waals surface area (Å²) in [7, 11) is 3.71. The van der Waals surface area contributed by atoms with Gasteiger partial charge in [-0.05, 0) is 57.6 Å². The summed E-state index contributed by atoms with van der Waals surface area (Å²) in [6, 6.07) is 8.12. The van der Waals surface area contributed by atoms with Crippen LogP contribution in [0.2, 0.25) is 0 Å². The van der Waals surface area contributed by atoms with E-state index in [-0.39, 0.29) is 5.91 Å². The van der Waals surface area contributed by atoms with Crippen LogP contribution in [0.3, 0.4) is 0 Å². The van der Waals surface area contributed by atoms with Gasteiger partial charge in [0.05, 0.1) is 35.3 Å². The maximum absolute atomic E-state index is 12.2. The fourth-order valence-electron chi connectivity index (χ4n) is 4.95. The Kier molecular flexibility index (Phi) is 6.01. The molecule has 0 saturated carbocycles. The molecule has 0 aromatic carbocycles. The summed E-state index contributed by atoms with van der Waals surface area (Å²) < 4.78 is 0. The average molecular weight is 496 g/mol. The molecule has 0 bridgehead atoms. The number of amides is 1. The van der Waals surface area contributed by atoms with Crippen molar-refractivity contribution in [2.24, 2.45) is 0 Å². The molecule has 3 N–H and O–H groups in total. The van der Waals surface area contributed by atoms with Gasteiger partial charge < -0.3 is 20.1 Å². The zero-order valence-corrected chi connectivity index (χ0v) is 21.0. The highest BCUT2D eigenvalue weighted by molar-refractivity contribution is 5.99. The molecule has 1 fully saturated rings. The number of carbonyl (C=O) groups excluding carboxylic acids is 1. The Morgan fingerprint density at radius 1 is 1.03 bits per heavy atom. The van der Waals surface area contributed by atoms with Crippen molar-refractivity contribution in [2.75, 3.05) is 43.9 Å². The van der Waals surface area contributed by atoms with Crippen LogP contribution in [0.15, 0.2) is 49.1 Å². The van der Waals surface area contributed by atoms with Gasteiger partial charge in [0.25, 0.3) is 0 Å². The van der Waals surface area contributed by atoms with E-state index in [2.05, 4.69) is 47.5 Å². The van der Waals surface area contributed by atoms with Crippen molar-refractivity contribution < 1.29 is 4.79 Å². The summed E-state index contributed by atoms with van der Waals surface area (Å²) in [6.07, 6.45) is 10.7. The molecule has 5 aromatic heterocycles. The standard InChI is InChI=1S/C27H29N9O/c1-35(2)16-24(37)31-19-10-17(13-28-15-19)18-11-21-25(33-34-26(21)30-14-18)23-12-20-22(32-23)6-7-29-27(20)36-8-4-3-5-9-36/h6-7,10-15,32H,3-5,8-9,16H2,1-2H3,(H,31,37)(H,30,33,34). The van der Waals surface area contributed by atoms with Gasteiger partial charge in [0.15, 0.2) is 5.65 Å². The summed E-state index contributed by atoms with van der Waals surface area (Å²) in [6.45, 7) is 2.38. The van der Waals surface area contributed by atoms with E-state index in [1.165, 1.54) is 19.3 Å². The second-order valence-corrected chi connectivity index (χ2v) is 9.77. The number of rotatable bonds is 6. The minimum Gasteiger partial charge on any atom is -0.356 e. The molecule has 10 nitrogen and oxygen atoms in total. The van der Waals surface area contributed by atoms with Crippen molar-refractivity contribution in [3.8, 4) is 22.5 Å². The molecule has 0 radical (unpaired) electrons. The molecule has 6 rings (SSSR count). The molecular weight excluding hydrogens is 466 g/mol. The van der Waals surface area contributed by atoms with Gasteiger partial charge >= 0.3 is 0 Å². The highest BCUT2D eigenvalue weighted by Gasteiger charge is 2.18. The molecule has 0 spiro atoms. The number of pyridine rings is 3. The SMILES string of the molecule is CN(C)CC(=O)Nc1cncc(-c2cnc3n[nH]c(-c4cc5c(N6CCCCC6)nccc5[nH]4)c3c2)c1. The first-order valence-electron chi connectivity index (χ1n) is 12.5. The van der Waals surface area contributed by atoms with Crippen molar-refractivity contribution >= 4 is 39.3 Å². The summed E-state index contributed by atoms with van der Waals surface area (Å²) in [5.41, 5.74) is 5.87. The van der Waals surface area contributed by atoms with E-state index in [0.717, 1.165) is 57.7 Å². The molecular formula is C27H29N9O. The Morgan fingerprint density at radius 2 is 1.86 bits per heavy atom. The maximum atomic E-state index is 12.2. The maximum Gasteiger partial charge on any atom is 0.238 e. The Morgan fingerprint density at radius 3 is 2.70 bits per heavy atom. The fraction of sp³-hybridized carbons (Fsp3) is 0.296. The minimum absolute atomic E-state index is 0.0909. The van der Waals surface area contributed by atoms with Crippen LogP contribution in [0.5, 0.6) is 0 Å². The second-order valence-electron chi connectivity index (χ2n) is 9.77. The largest absolute Gasteiger partial charge is 0.356 e. The first-order chi connectivity index (χ1) is 18.0. The first kappa shape index (κ1) is 23.1. The topological polar surface area (TPSA) is 119 Å². The van der Waals surface area contributed by atoms with Gasteiger partial charge in [-0.1, -0.05) is 0 Å². The fourth-order valence-corrected chi connectivity index (χ4v) is 4.95. The number of piperidine rings is 1. The van der Waals surface area contributed by atoms with E-state index in [0.29, 0.717) is 17.9 Å². The van der Waals surface area contributed by atoms with E-state index in [4.69, 9.17) is 4.98 Å². The predicted octanol–water partition coefficient (Wildman–Crippen LogP) is 4.05. The van der Waals surface area contributed by atoms with Crippen LogP contribution in [0.25, 0.3) is 44.5 Å². The Labute approximate surface area is 214 Å². The normalized spacial score (nSPS) is 14.1. The van der Waals surface area contributed by atoms with E-state index in [1.54, 1.807) is 18.6 Å². The minimum atomic E-state index is -0.0909. The molecule has 1 aliphatic heterocycles. The molecule has 0 unspecified atom stereocenters. The summed E-state index contributed by atoms with van der Waals surface area (Å²) in [5, 5.41) is 12.5. The van der Waals surface area contributed by atoms with Crippen LogP contribution >= 0.6 is 0 Å². The molecule has 5 aromatic rings. The van der Waals surface area contributed by atoms with Gasteiger partial charge in [0, 0.05) is 53.6 Å². The lowest BCUT2D eigenvalue weighted by Crippen LogP contribution is -2.30. The number of H-pyrrole nitrogens is 2. The Bertz CT molecular complexity index is 1580. The number of nitrogens with zero attached hydrogens (tertiary/aromatic N) is 6. The number of hydrogen-bond acceptors (Lipinski definition) is 7. The molecule has 188 valence electrons. The number of fused-ring (bicyclic) bond motifs is 2. The van der Waals surface area contributed by atoms with Gasteiger partial charge in [-0.3, -0.25) is 14.9 Å². The van der Waals surface area contributed by atoms with Gasteiger partial charge in [0.1, 0.15) is 5.82 Å². The number of likely N-dealkylation sites (N-methyl/N-ethyl adjacent to an activating group) is 1. The number of anilines is 2. The van der Waals surface area contributed by atoms with Crippen LogP contribution in [-0.4, -0.2) is 74.7 Å². The van der Waals surface area contributed by atoms with Crippen LogP contribution in [0, 0.1) is 0 Å². The number of aromatic amines is 2. The average Bonchev–Trinajstić information content (AvgIpc) is 3.52. The van der Waals surface area contributed by atoms with E-state index in [9.17, 15) is 4.79 Å². The van der Waals surface area contributed by atoms with E-state index < -0.39 is 0 Å². The predicted molar refractivity (Wildman–Crippen MR) is 145 cm³/mol. The van der Waals surface area contributed by atoms with Gasteiger partial charge in [-0.15, -0.1) is 0 Å². The lowest BCUT2D eigenvalue weighted by molar-refractivity contribution is -0.116.